The van der Waals surface area contributed by atoms with Gasteiger partial charge in [0.25, 0.3) is 0 Å². The Kier molecular flexibility index (Phi) is 2.51. The Morgan fingerprint density at radius 1 is 1.64 bits per heavy atom. The van der Waals surface area contributed by atoms with Crippen molar-refractivity contribution in [1.82, 2.24) is 0 Å². The summed E-state index contributed by atoms with van der Waals surface area (Å²) in [6.45, 7) is 0.771. The van der Waals surface area contributed by atoms with Gasteiger partial charge in [0.15, 0.2) is 0 Å². The number of thiophene rings is 1. The molecule has 1 aliphatic heterocycles. The third kappa shape index (κ3) is 1.34. The Hall–Kier alpha value is -0.580. The third-order valence-electron chi connectivity index (χ3n) is 2.32. The highest BCUT2D eigenvalue weighted by Gasteiger charge is 2.49. The third-order valence-corrected chi connectivity index (χ3v) is 3.75. The minimum Gasteiger partial charge on any atom is -0.468 e. The lowest BCUT2D eigenvalue weighted by atomic mass is 9.84. The summed E-state index contributed by atoms with van der Waals surface area (Å²) < 4.78 is 10.5. The van der Waals surface area contributed by atoms with Crippen LogP contribution in [-0.4, -0.2) is 26.3 Å². The normalized spacial score (nSPS) is 18.7. The van der Waals surface area contributed by atoms with Gasteiger partial charge >= 0.3 is 5.97 Å². The van der Waals surface area contributed by atoms with E-state index in [4.69, 9.17) is 21.1 Å². The molecule has 0 spiro atoms. The summed E-state index contributed by atoms with van der Waals surface area (Å²) >= 11 is 7.22. The fourth-order valence-corrected chi connectivity index (χ4v) is 2.62. The molecule has 0 N–H and O–H groups in total. The zero-order valence-electron chi connectivity index (χ0n) is 7.58. The SMILES string of the molecule is COC(=O)C1(c2ccc(Cl)s2)COC1. The van der Waals surface area contributed by atoms with E-state index >= 15 is 0 Å². The van der Waals surface area contributed by atoms with Crippen LogP contribution in [0, 0.1) is 0 Å². The lowest BCUT2D eigenvalue weighted by molar-refractivity contribution is -0.166. The zero-order chi connectivity index (χ0) is 10.2. The van der Waals surface area contributed by atoms with Crippen LogP contribution in [0.3, 0.4) is 0 Å². The quantitative estimate of drug-likeness (QED) is 0.730. The second-order valence-electron chi connectivity index (χ2n) is 3.17. The number of carbonyl (C=O) groups excluding carboxylic acids is 1. The van der Waals surface area contributed by atoms with E-state index in [0.29, 0.717) is 17.6 Å². The van der Waals surface area contributed by atoms with Crippen molar-refractivity contribution in [1.29, 1.82) is 0 Å². The number of carbonyl (C=O) groups is 1. The summed E-state index contributed by atoms with van der Waals surface area (Å²) in [4.78, 5) is 12.5. The average Bonchev–Trinajstić information content (AvgIpc) is 2.50. The molecule has 3 nitrogen and oxygen atoms in total. The monoisotopic (exact) mass is 232 g/mol. The number of rotatable bonds is 2. The molecule has 1 fully saturated rings. The van der Waals surface area contributed by atoms with E-state index in [1.54, 1.807) is 6.07 Å². The van der Waals surface area contributed by atoms with Crippen molar-refractivity contribution in [2.45, 2.75) is 5.41 Å². The fraction of sp³-hybridized carbons (Fsp3) is 0.444. The summed E-state index contributed by atoms with van der Waals surface area (Å²) in [5.41, 5.74) is -0.605. The summed E-state index contributed by atoms with van der Waals surface area (Å²) in [5.74, 6) is -0.248. The molecule has 0 amide bonds. The molecule has 76 valence electrons. The van der Waals surface area contributed by atoms with E-state index in [-0.39, 0.29) is 5.97 Å². The van der Waals surface area contributed by atoms with E-state index in [9.17, 15) is 4.79 Å². The van der Waals surface area contributed by atoms with Gasteiger partial charge in [-0.25, -0.2) is 0 Å². The van der Waals surface area contributed by atoms with Crippen LogP contribution >= 0.6 is 22.9 Å². The van der Waals surface area contributed by atoms with Crippen molar-refractivity contribution in [3.8, 4) is 0 Å². The topological polar surface area (TPSA) is 35.5 Å². The van der Waals surface area contributed by atoms with Crippen LogP contribution in [-0.2, 0) is 19.7 Å². The molecule has 0 unspecified atom stereocenters. The van der Waals surface area contributed by atoms with Gasteiger partial charge in [0, 0.05) is 4.88 Å². The lowest BCUT2D eigenvalue weighted by Crippen LogP contribution is -2.53. The molecular formula is C9H9ClO3S. The van der Waals surface area contributed by atoms with E-state index < -0.39 is 5.41 Å². The molecule has 5 heteroatoms. The van der Waals surface area contributed by atoms with Gasteiger partial charge in [-0.05, 0) is 12.1 Å². The van der Waals surface area contributed by atoms with E-state index in [1.165, 1.54) is 18.4 Å². The largest absolute Gasteiger partial charge is 0.468 e. The molecule has 0 aromatic carbocycles. The van der Waals surface area contributed by atoms with E-state index in [2.05, 4.69) is 0 Å². The predicted molar refractivity (Wildman–Crippen MR) is 53.8 cm³/mol. The minimum absolute atomic E-state index is 0.248. The predicted octanol–water partition coefficient (Wildman–Crippen LogP) is 1.84. The maximum Gasteiger partial charge on any atom is 0.321 e. The van der Waals surface area contributed by atoms with Crippen LogP contribution < -0.4 is 0 Å². The minimum atomic E-state index is -0.605. The van der Waals surface area contributed by atoms with Crippen molar-refractivity contribution >= 4 is 28.9 Å². The molecule has 0 bridgehead atoms. The standard InChI is InChI=1S/C9H9ClO3S/c1-12-8(11)9(4-13-5-9)6-2-3-7(10)14-6/h2-3H,4-5H2,1H3. The van der Waals surface area contributed by atoms with Crippen molar-refractivity contribution in [3.63, 3.8) is 0 Å². The van der Waals surface area contributed by atoms with Crippen LogP contribution in [0.4, 0.5) is 0 Å². The Morgan fingerprint density at radius 3 is 2.71 bits per heavy atom. The van der Waals surface area contributed by atoms with Crippen molar-refractivity contribution < 1.29 is 14.3 Å². The summed E-state index contributed by atoms with van der Waals surface area (Å²) in [6, 6.07) is 3.64. The van der Waals surface area contributed by atoms with Crippen LogP contribution in [0.25, 0.3) is 0 Å². The molecule has 0 aliphatic carbocycles. The molecule has 1 aromatic rings. The van der Waals surface area contributed by atoms with Crippen LogP contribution in [0.1, 0.15) is 4.88 Å². The molecule has 0 atom stereocenters. The first-order valence-corrected chi connectivity index (χ1v) is 5.30. The lowest BCUT2D eigenvalue weighted by Gasteiger charge is -2.37. The molecular weight excluding hydrogens is 224 g/mol. The number of hydrogen-bond donors (Lipinski definition) is 0. The van der Waals surface area contributed by atoms with Gasteiger partial charge in [-0.2, -0.15) is 0 Å². The van der Waals surface area contributed by atoms with Gasteiger partial charge in [-0.1, -0.05) is 11.6 Å². The highest BCUT2D eigenvalue weighted by atomic mass is 35.5. The Morgan fingerprint density at radius 2 is 2.36 bits per heavy atom. The maximum atomic E-state index is 11.6. The molecule has 2 heterocycles. The first-order chi connectivity index (χ1) is 6.69. The van der Waals surface area contributed by atoms with Gasteiger partial charge in [0.2, 0.25) is 0 Å². The zero-order valence-corrected chi connectivity index (χ0v) is 9.15. The van der Waals surface area contributed by atoms with Crippen LogP contribution in [0.5, 0.6) is 0 Å². The van der Waals surface area contributed by atoms with Gasteiger partial charge in [0.05, 0.1) is 24.7 Å². The summed E-state index contributed by atoms with van der Waals surface area (Å²) in [5, 5.41) is 0. The molecule has 0 radical (unpaired) electrons. The average molecular weight is 233 g/mol. The smallest absolute Gasteiger partial charge is 0.321 e. The number of ether oxygens (including phenoxy) is 2. The molecule has 1 aromatic heterocycles. The second kappa shape index (κ2) is 3.53. The van der Waals surface area contributed by atoms with E-state index in [0.717, 1.165) is 4.88 Å². The Balaban J connectivity index is 2.33. The van der Waals surface area contributed by atoms with Crippen molar-refractivity contribution in [2.75, 3.05) is 20.3 Å². The first kappa shape index (κ1) is 9.96. The van der Waals surface area contributed by atoms with Crippen molar-refractivity contribution in [2.24, 2.45) is 0 Å². The Bertz CT molecular complexity index is 357. The van der Waals surface area contributed by atoms with Crippen molar-refractivity contribution in [3.05, 3.63) is 21.3 Å². The molecule has 1 aliphatic rings. The highest BCUT2D eigenvalue weighted by Crippen LogP contribution is 2.39. The summed E-state index contributed by atoms with van der Waals surface area (Å²) in [6.07, 6.45) is 0. The maximum absolute atomic E-state index is 11.6. The molecule has 2 rings (SSSR count). The number of halogens is 1. The second-order valence-corrected chi connectivity index (χ2v) is 4.89. The molecule has 14 heavy (non-hydrogen) atoms. The number of methoxy groups -OCH3 is 1. The van der Waals surface area contributed by atoms with Gasteiger partial charge in [0.1, 0.15) is 5.41 Å². The van der Waals surface area contributed by atoms with E-state index in [1.807, 2.05) is 6.07 Å². The number of esters is 1. The van der Waals surface area contributed by atoms with Gasteiger partial charge in [-0.15, -0.1) is 11.3 Å². The fourth-order valence-electron chi connectivity index (χ4n) is 1.43. The highest BCUT2D eigenvalue weighted by molar-refractivity contribution is 7.16. The van der Waals surface area contributed by atoms with Crippen LogP contribution in [0.15, 0.2) is 12.1 Å². The molecule has 1 saturated heterocycles. The Labute approximate surface area is 90.6 Å². The van der Waals surface area contributed by atoms with Gasteiger partial charge in [-0.3, -0.25) is 4.79 Å². The first-order valence-electron chi connectivity index (χ1n) is 4.11. The van der Waals surface area contributed by atoms with Gasteiger partial charge < -0.3 is 9.47 Å². The number of hydrogen-bond acceptors (Lipinski definition) is 4. The summed E-state index contributed by atoms with van der Waals surface area (Å²) in [7, 11) is 1.39. The van der Waals surface area contributed by atoms with Crippen LogP contribution in [0.2, 0.25) is 4.34 Å². The molecule has 0 saturated carbocycles.